The molecule has 0 aliphatic heterocycles. The third kappa shape index (κ3) is 4.94. The fourth-order valence-electron chi connectivity index (χ4n) is 2.55. The number of amides is 1. The van der Waals surface area contributed by atoms with Gasteiger partial charge in [0.1, 0.15) is 5.75 Å². The summed E-state index contributed by atoms with van der Waals surface area (Å²) in [6.07, 6.45) is 0.0570. The van der Waals surface area contributed by atoms with Gasteiger partial charge >= 0.3 is 0 Å². The van der Waals surface area contributed by atoms with E-state index in [9.17, 15) is 25.0 Å². The van der Waals surface area contributed by atoms with Gasteiger partial charge in [-0.3, -0.25) is 30.3 Å². The molecule has 1 N–H and O–H groups in total. The second-order valence-electron chi connectivity index (χ2n) is 6.44. The molecule has 2 aromatic carbocycles. The standard InChI is InChI=1S/C19H16N4O6S/c1-11(2)29-16-5-3-12(4-6-16)17-10-30-19(20-17)21-18(24)13-7-14(22(25)26)9-15(8-13)23(27)28/h3-11H,1-2H3,(H,20,21,24). The number of nitro benzene ring substituents is 2. The van der Waals surface area contributed by atoms with Crippen molar-refractivity contribution in [3.63, 3.8) is 0 Å². The van der Waals surface area contributed by atoms with Crippen molar-refractivity contribution in [3.8, 4) is 17.0 Å². The second-order valence-corrected chi connectivity index (χ2v) is 7.29. The zero-order chi connectivity index (χ0) is 21.8. The highest BCUT2D eigenvalue weighted by molar-refractivity contribution is 7.14. The van der Waals surface area contributed by atoms with Gasteiger partial charge in [0, 0.05) is 23.1 Å². The number of rotatable bonds is 7. The Morgan fingerprint density at radius 1 is 1.07 bits per heavy atom. The van der Waals surface area contributed by atoms with Crippen molar-refractivity contribution in [2.75, 3.05) is 5.32 Å². The topological polar surface area (TPSA) is 138 Å². The van der Waals surface area contributed by atoms with Crippen LogP contribution in [0.2, 0.25) is 0 Å². The van der Waals surface area contributed by atoms with Crippen LogP contribution in [-0.4, -0.2) is 26.8 Å². The first-order chi connectivity index (χ1) is 14.2. The smallest absolute Gasteiger partial charge is 0.277 e. The maximum Gasteiger partial charge on any atom is 0.277 e. The van der Waals surface area contributed by atoms with Gasteiger partial charge in [-0.25, -0.2) is 4.98 Å². The average molecular weight is 428 g/mol. The molecule has 10 nitrogen and oxygen atoms in total. The molecular formula is C19H16N4O6S. The Morgan fingerprint density at radius 3 is 2.20 bits per heavy atom. The van der Waals surface area contributed by atoms with Crippen molar-refractivity contribution in [2.24, 2.45) is 0 Å². The molecule has 11 heteroatoms. The summed E-state index contributed by atoms with van der Waals surface area (Å²) >= 11 is 1.16. The molecule has 1 aromatic heterocycles. The number of ether oxygens (including phenoxy) is 1. The first kappa shape index (κ1) is 20.9. The minimum absolute atomic E-state index is 0.0570. The molecule has 0 aliphatic carbocycles. The van der Waals surface area contributed by atoms with E-state index in [1.165, 1.54) is 0 Å². The number of nitro groups is 2. The van der Waals surface area contributed by atoms with Gasteiger partial charge < -0.3 is 4.74 Å². The lowest BCUT2D eigenvalue weighted by molar-refractivity contribution is -0.394. The van der Waals surface area contributed by atoms with Gasteiger partial charge in [-0.1, -0.05) is 0 Å². The molecule has 0 aliphatic rings. The first-order valence-corrected chi connectivity index (χ1v) is 9.58. The van der Waals surface area contributed by atoms with Crippen LogP contribution in [0.25, 0.3) is 11.3 Å². The quantitative estimate of drug-likeness (QED) is 0.426. The summed E-state index contributed by atoms with van der Waals surface area (Å²) in [6.45, 7) is 3.86. The zero-order valence-corrected chi connectivity index (χ0v) is 16.7. The monoisotopic (exact) mass is 428 g/mol. The average Bonchev–Trinajstić information content (AvgIpc) is 3.16. The second kappa shape index (κ2) is 8.66. The zero-order valence-electron chi connectivity index (χ0n) is 15.9. The predicted molar refractivity (Wildman–Crippen MR) is 111 cm³/mol. The van der Waals surface area contributed by atoms with Gasteiger partial charge in [0.2, 0.25) is 0 Å². The van der Waals surface area contributed by atoms with Gasteiger partial charge in [-0.2, -0.15) is 0 Å². The van der Waals surface area contributed by atoms with Crippen molar-refractivity contribution < 1.29 is 19.4 Å². The highest BCUT2D eigenvalue weighted by atomic mass is 32.1. The van der Waals surface area contributed by atoms with Crippen LogP contribution in [0.15, 0.2) is 47.8 Å². The Balaban J connectivity index is 1.78. The number of thiazole rings is 1. The van der Waals surface area contributed by atoms with Crippen LogP contribution in [-0.2, 0) is 0 Å². The number of nitrogens with zero attached hydrogens (tertiary/aromatic N) is 3. The van der Waals surface area contributed by atoms with E-state index in [1.807, 2.05) is 38.1 Å². The van der Waals surface area contributed by atoms with E-state index in [-0.39, 0.29) is 16.8 Å². The lowest BCUT2D eigenvalue weighted by Crippen LogP contribution is -2.12. The highest BCUT2D eigenvalue weighted by Crippen LogP contribution is 2.28. The van der Waals surface area contributed by atoms with Gasteiger partial charge in [0.15, 0.2) is 5.13 Å². The molecule has 154 valence electrons. The molecule has 30 heavy (non-hydrogen) atoms. The highest BCUT2D eigenvalue weighted by Gasteiger charge is 2.20. The van der Waals surface area contributed by atoms with E-state index in [0.29, 0.717) is 5.69 Å². The predicted octanol–water partition coefficient (Wildman–Crippen LogP) is 4.67. The fraction of sp³-hybridized carbons (Fsp3) is 0.158. The number of nitrogens with one attached hydrogen (secondary N) is 1. The van der Waals surface area contributed by atoms with Crippen molar-refractivity contribution in [3.05, 3.63) is 73.6 Å². The molecular weight excluding hydrogens is 412 g/mol. The normalized spacial score (nSPS) is 10.6. The van der Waals surface area contributed by atoms with Gasteiger partial charge in [-0.15, -0.1) is 11.3 Å². The van der Waals surface area contributed by atoms with E-state index in [1.54, 1.807) is 5.38 Å². The number of non-ortho nitro benzene ring substituents is 2. The van der Waals surface area contributed by atoms with Gasteiger partial charge in [0.25, 0.3) is 17.3 Å². The van der Waals surface area contributed by atoms with Gasteiger partial charge in [0.05, 0.1) is 33.3 Å². The molecule has 1 amide bonds. The lowest BCUT2D eigenvalue weighted by atomic mass is 10.1. The fourth-order valence-corrected chi connectivity index (χ4v) is 3.26. The maximum absolute atomic E-state index is 12.5. The summed E-state index contributed by atoms with van der Waals surface area (Å²) < 4.78 is 5.59. The van der Waals surface area contributed by atoms with Crippen LogP contribution in [0.3, 0.4) is 0 Å². The Labute approximate surface area is 174 Å². The number of carbonyl (C=O) groups is 1. The third-order valence-electron chi connectivity index (χ3n) is 3.83. The Bertz CT molecular complexity index is 1080. The maximum atomic E-state index is 12.5. The van der Waals surface area contributed by atoms with E-state index in [0.717, 1.165) is 40.8 Å². The molecule has 0 saturated carbocycles. The first-order valence-electron chi connectivity index (χ1n) is 8.71. The number of anilines is 1. The van der Waals surface area contributed by atoms with Crippen molar-refractivity contribution in [2.45, 2.75) is 20.0 Å². The van der Waals surface area contributed by atoms with Crippen molar-refractivity contribution >= 4 is 33.8 Å². The molecule has 0 unspecified atom stereocenters. The molecule has 3 rings (SSSR count). The number of hydrogen-bond acceptors (Lipinski definition) is 8. The number of carbonyl (C=O) groups excluding carboxylic acids is 1. The number of aromatic nitrogens is 1. The molecule has 0 atom stereocenters. The molecule has 0 radical (unpaired) electrons. The Hall–Kier alpha value is -3.86. The van der Waals surface area contributed by atoms with Crippen LogP contribution in [0, 0.1) is 20.2 Å². The molecule has 3 aromatic rings. The van der Waals surface area contributed by atoms with Gasteiger partial charge in [-0.05, 0) is 38.1 Å². The molecule has 0 spiro atoms. The summed E-state index contributed by atoms with van der Waals surface area (Å²) in [5.41, 5.74) is 0.142. The summed E-state index contributed by atoms with van der Waals surface area (Å²) in [6, 6.07) is 10.1. The van der Waals surface area contributed by atoms with Crippen LogP contribution < -0.4 is 10.1 Å². The van der Waals surface area contributed by atoms with Crippen LogP contribution in [0.5, 0.6) is 5.75 Å². The van der Waals surface area contributed by atoms with E-state index < -0.39 is 27.1 Å². The van der Waals surface area contributed by atoms with Crippen LogP contribution >= 0.6 is 11.3 Å². The number of benzene rings is 2. The third-order valence-corrected chi connectivity index (χ3v) is 4.59. The SMILES string of the molecule is CC(C)Oc1ccc(-c2csc(NC(=O)c3cc([N+](=O)[O-])cc([N+](=O)[O-])c3)n2)cc1. The molecule has 0 bridgehead atoms. The molecule has 0 saturated heterocycles. The summed E-state index contributed by atoms with van der Waals surface area (Å²) in [7, 11) is 0. The van der Waals surface area contributed by atoms with E-state index >= 15 is 0 Å². The van der Waals surface area contributed by atoms with Crippen LogP contribution in [0.1, 0.15) is 24.2 Å². The molecule has 0 fully saturated rings. The summed E-state index contributed by atoms with van der Waals surface area (Å²) in [4.78, 5) is 37.2. The van der Waals surface area contributed by atoms with E-state index in [4.69, 9.17) is 4.74 Å². The van der Waals surface area contributed by atoms with Crippen LogP contribution in [0.4, 0.5) is 16.5 Å². The largest absolute Gasteiger partial charge is 0.491 e. The Kier molecular flexibility index (Phi) is 6.02. The Morgan fingerprint density at radius 2 is 1.67 bits per heavy atom. The minimum Gasteiger partial charge on any atom is -0.491 e. The number of hydrogen-bond donors (Lipinski definition) is 1. The summed E-state index contributed by atoms with van der Waals surface area (Å²) in [5, 5.41) is 26.5. The molecule has 1 heterocycles. The van der Waals surface area contributed by atoms with Crippen molar-refractivity contribution in [1.29, 1.82) is 0 Å². The van der Waals surface area contributed by atoms with Crippen molar-refractivity contribution in [1.82, 2.24) is 4.98 Å². The summed E-state index contributed by atoms with van der Waals surface area (Å²) in [5.74, 6) is -0.00634. The minimum atomic E-state index is -0.794. The lowest BCUT2D eigenvalue weighted by Gasteiger charge is -2.09. The van der Waals surface area contributed by atoms with E-state index in [2.05, 4.69) is 10.3 Å².